The number of rotatable bonds is 0. The van der Waals surface area contributed by atoms with Crippen LogP contribution in [0.2, 0.25) is 0 Å². The van der Waals surface area contributed by atoms with Crippen LogP contribution in [0.3, 0.4) is 0 Å². The van der Waals surface area contributed by atoms with Crippen LogP contribution in [0, 0.1) is 0 Å². The van der Waals surface area contributed by atoms with Gasteiger partial charge in [-0.25, -0.2) is 4.57 Å². The van der Waals surface area contributed by atoms with E-state index in [-0.39, 0.29) is 60.1 Å². The van der Waals surface area contributed by atoms with Crippen LogP contribution >= 0.6 is 7.82 Å². The summed E-state index contributed by atoms with van der Waals surface area (Å²) in [5.74, 6) is 0. The second-order valence-corrected chi connectivity index (χ2v) is 2.88. The fraction of sp³-hybridized carbons (Fsp3) is 0. The minimum absolute atomic E-state index is 0. The molecule has 0 aliphatic carbocycles. The summed E-state index contributed by atoms with van der Waals surface area (Å²) >= 11 is 0. The molecule has 0 bridgehead atoms. The van der Waals surface area contributed by atoms with E-state index in [1.54, 1.807) is 0 Å². The summed E-state index contributed by atoms with van der Waals surface area (Å²) in [4.78, 5) is 21.6. The van der Waals surface area contributed by atoms with Gasteiger partial charge in [-0.1, -0.05) is 0 Å². The van der Waals surface area contributed by atoms with E-state index in [1.807, 2.05) is 0 Å². The van der Waals surface area contributed by atoms with Crippen LogP contribution in [-0.4, -0.2) is 69.9 Å². The van der Waals surface area contributed by atoms with Gasteiger partial charge in [-0.05, 0) is 0 Å². The van der Waals surface area contributed by atoms with E-state index in [4.69, 9.17) is 36.8 Å². The zero-order chi connectivity index (χ0) is 9.00. The van der Waals surface area contributed by atoms with Gasteiger partial charge in [0.25, 0.3) is 0 Å². The van der Waals surface area contributed by atoms with Gasteiger partial charge in [-0.2, -0.15) is 8.42 Å². The van der Waals surface area contributed by atoms with Gasteiger partial charge in [-0.15, -0.1) is 0 Å². The molecule has 0 aliphatic rings. The molecule has 5 N–H and O–H groups in total. The Morgan fingerprint density at radius 2 is 1.00 bits per heavy atom. The van der Waals surface area contributed by atoms with Crippen LogP contribution in [0.4, 0.5) is 0 Å². The summed E-state index contributed by atoms with van der Waals surface area (Å²) in [6.07, 6.45) is 0. The van der Waals surface area contributed by atoms with Gasteiger partial charge in [0.1, 0.15) is 0 Å². The van der Waals surface area contributed by atoms with Gasteiger partial charge in [-0.3, -0.25) is 9.11 Å². The molecule has 0 saturated carbocycles. The third-order valence-corrected chi connectivity index (χ3v) is 0. The predicted octanol–water partition coefficient (Wildman–Crippen LogP) is -2.50. The van der Waals surface area contributed by atoms with Crippen molar-refractivity contribution in [1.29, 1.82) is 0 Å². The summed E-state index contributed by atoms with van der Waals surface area (Å²) in [6.45, 7) is 0. The molecule has 0 amide bonds. The van der Waals surface area contributed by atoms with Crippen molar-refractivity contribution in [2.45, 2.75) is 0 Å². The number of hydrogen-bond donors (Lipinski definition) is 5. The van der Waals surface area contributed by atoms with Crippen molar-refractivity contribution in [2.75, 3.05) is 0 Å². The Hall–Kier alpha value is 1.98. The number of phosphoric acid groups is 1. The van der Waals surface area contributed by atoms with Crippen LogP contribution < -0.4 is 0 Å². The molecule has 79 valence electrons. The molecule has 0 spiro atoms. The van der Waals surface area contributed by atoms with Gasteiger partial charge < -0.3 is 14.7 Å². The van der Waals surface area contributed by atoms with Gasteiger partial charge in [0.05, 0.1) is 0 Å². The third kappa shape index (κ3) is 368. The Morgan fingerprint density at radius 1 is 1.00 bits per heavy atom. The Balaban J connectivity index is -0.0000000457. The zero-order valence-corrected chi connectivity index (χ0v) is 7.81. The van der Waals surface area contributed by atoms with E-state index in [9.17, 15) is 0 Å². The van der Waals surface area contributed by atoms with Crippen molar-refractivity contribution in [3.63, 3.8) is 0 Å². The van der Waals surface area contributed by atoms with E-state index in [2.05, 4.69) is 0 Å². The predicted molar refractivity (Wildman–Crippen MR) is 37.0 cm³/mol. The molecule has 12 heteroatoms. The SMILES string of the molecule is O=P(O)(O)O.O=S(=O)(O)O.[Ag].[CaH2]. The third-order valence-electron chi connectivity index (χ3n) is 0. The Labute approximate surface area is 114 Å². The average molecular weight is 346 g/mol. The van der Waals surface area contributed by atoms with Gasteiger partial charge in [0.15, 0.2) is 0 Å². The second-order valence-electron chi connectivity index (χ2n) is 0.961. The van der Waals surface area contributed by atoms with E-state index in [1.165, 1.54) is 0 Å². The standard InChI is InChI=1S/Ag.Ca.H3O4P.H2O4S.2H/c;;2*1-5(2,3)4;;/h;;(H3,1,2,3,4);(H2,1,2,3,4);;. The van der Waals surface area contributed by atoms with Crippen molar-refractivity contribution in [3.05, 3.63) is 0 Å². The molecule has 12 heavy (non-hydrogen) atoms. The first kappa shape index (κ1) is 23.6. The average Bonchev–Trinajstić information content (AvgIpc) is 1.12. The molecule has 0 aliphatic heterocycles. The van der Waals surface area contributed by atoms with Crippen molar-refractivity contribution in [2.24, 2.45) is 0 Å². The molecule has 0 rings (SSSR count). The van der Waals surface area contributed by atoms with Crippen LogP contribution in [0.5, 0.6) is 0 Å². The first-order valence-corrected chi connectivity index (χ1v) is 4.44. The van der Waals surface area contributed by atoms with Crippen molar-refractivity contribution in [1.82, 2.24) is 0 Å². The van der Waals surface area contributed by atoms with E-state index < -0.39 is 18.2 Å². The monoisotopic (exact) mass is 345 g/mol. The van der Waals surface area contributed by atoms with Crippen LogP contribution in [-0.2, 0) is 37.3 Å². The molecule has 0 aromatic rings. The molecule has 0 unspecified atom stereocenters. The second kappa shape index (κ2) is 9.53. The summed E-state index contributed by atoms with van der Waals surface area (Å²) in [6, 6.07) is 0. The maximum absolute atomic E-state index is 8.88. The topological polar surface area (TPSA) is 152 Å². The van der Waals surface area contributed by atoms with Crippen molar-refractivity contribution >= 4 is 56.0 Å². The first-order valence-electron chi connectivity index (χ1n) is 1.48. The van der Waals surface area contributed by atoms with Gasteiger partial charge in [0, 0.05) is 22.4 Å². The Morgan fingerprint density at radius 3 is 1.00 bits per heavy atom. The zero-order valence-electron chi connectivity index (χ0n) is 4.62. The molecule has 0 aromatic carbocycles. The normalized spacial score (nSPS) is 9.75. The van der Waals surface area contributed by atoms with Crippen LogP contribution in [0.15, 0.2) is 0 Å². The summed E-state index contributed by atoms with van der Waals surface area (Å²) < 4.78 is 40.5. The Kier molecular flexibility index (Phi) is 18.8. The molecule has 0 fully saturated rings. The number of hydrogen-bond acceptors (Lipinski definition) is 3. The molecule has 0 heterocycles. The molecule has 8 nitrogen and oxygen atoms in total. The first-order chi connectivity index (χ1) is 4.00. The molecular formula is H7AgCaO8PS. The molecule has 0 aromatic heterocycles. The maximum atomic E-state index is 8.88. The quantitative estimate of drug-likeness (QED) is 0.183. The molecule has 1 radical (unpaired) electrons. The summed E-state index contributed by atoms with van der Waals surface area (Å²) in [5.41, 5.74) is 0. The van der Waals surface area contributed by atoms with E-state index >= 15 is 0 Å². The van der Waals surface area contributed by atoms with Crippen molar-refractivity contribution in [3.8, 4) is 0 Å². The molecule has 0 saturated heterocycles. The van der Waals surface area contributed by atoms with Gasteiger partial charge in [0.2, 0.25) is 0 Å². The molecular weight excluding hydrogens is 339 g/mol. The molecule has 0 atom stereocenters. The Bertz CT molecular complexity index is 197. The minimum atomic E-state index is -4.67. The summed E-state index contributed by atoms with van der Waals surface area (Å²) in [5, 5.41) is 0. The van der Waals surface area contributed by atoms with Crippen molar-refractivity contribution < 1.29 is 59.1 Å². The van der Waals surface area contributed by atoms with Gasteiger partial charge >= 0.3 is 56.0 Å². The van der Waals surface area contributed by atoms with E-state index in [0.717, 1.165) is 0 Å². The fourth-order valence-electron chi connectivity index (χ4n) is 0. The van der Waals surface area contributed by atoms with Crippen LogP contribution in [0.1, 0.15) is 0 Å². The van der Waals surface area contributed by atoms with Crippen LogP contribution in [0.25, 0.3) is 0 Å². The fourth-order valence-corrected chi connectivity index (χ4v) is 0. The van der Waals surface area contributed by atoms with E-state index in [0.29, 0.717) is 0 Å². The summed E-state index contributed by atoms with van der Waals surface area (Å²) in [7, 11) is -9.31.